The van der Waals surface area contributed by atoms with Crippen LogP contribution in [0.25, 0.3) is 0 Å². The molecular formula is C13H15Br. The predicted octanol–water partition coefficient (Wildman–Crippen LogP) is 4.50. The van der Waals surface area contributed by atoms with Crippen LogP contribution in [0.2, 0.25) is 0 Å². The minimum Gasteiger partial charge on any atom is -0.0576 e. The highest BCUT2D eigenvalue weighted by Gasteiger charge is 2.48. The fourth-order valence-corrected chi connectivity index (χ4v) is 3.31. The van der Waals surface area contributed by atoms with E-state index in [0.717, 1.165) is 11.3 Å². The van der Waals surface area contributed by atoms with Crippen molar-refractivity contribution in [2.24, 2.45) is 5.41 Å². The van der Waals surface area contributed by atoms with Gasteiger partial charge in [-0.25, -0.2) is 0 Å². The van der Waals surface area contributed by atoms with Gasteiger partial charge in [0.1, 0.15) is 0 Å². The maximum Gasteiger partial charge on any atom is 0.0175 e. The third-order valence-electron chi connectivity index (χ3n) is 4.11. The van der Waals surface area contributed by atoms with Gasteiger partial charge in [-0.15, -0.1) is 0 Å². The van der Waals surface area contributed by atoms with Crippen LogP contribution in [0.3, 0.4) is 0 Å². The lowest BCUT2D eigenvalue weighted by Gasteiger charge is -2.54. The quantitative estimate of drug-likeness (QED) is 0.689. The first-order valence-electron chi connectivity index (χ1n) is 5.53. The molecule has 0 saturated heterocycles. The summed E-state index contributed by atoms with van der Waals surface area (Å²) in [5.41, 5.74) is 2.35. The zero-order valence-corrected chi connectivity index (χ0v) is 9.89. The first-order chi connectivity index (χ1) is 6.77. The van der Waals surface area contributed by atoms with Gasteiger partial charge in [-0.05, 0) is 54.7 Å². The van der Waals surface area contributed by atoms with Gasteiger partial charge in [0.25, 0.3) is 0 Å². The number of benzene rings is 1. The smallest absolute Gasteiger partial charge is 0.0175 e. The SMILES string of the molecule is Brc1ccc(C2CC3(CCC3)C2)cc1. The summed E-state index contributed by atoms with van der Waals surface area (Å²) in [6, 6.07) is 8.89. The fraction of sp³-hybridized carbons (Fsp3) is 0.538. The molecule has 0 aromatic heterocycles. The van der Waals surface area contributed by atoms with Crippen LogP contribution < -0.4 is 0 Å². The highest BCUT2D eigenvalue weighted by molar-refractivity contribution is 9.10. The topological polar surface area (TPSA) is 0 Å². The van der Waals surface area contributed by atoms with Crippen molar-refractivity contribution in [1.82, 2.24) is 0 Å². The molecule has 0 amide bonds. The predicted molar refractivity (Wildman–Crippen MR) is 62.4 cm³/mol. The molecule has 0 nitrogen and oxygen atoms in total. The zero-order chi connectivity index (χ0) is 9.60. The summed E-state index contributed by atoms with van der Waals surface area (Å²) in [4.78, 5) is 0. The Balaban J connectivity index is 1.70. The standard InChI is InChI=1S/C13H15Br/c14-12-4-2-10(3-5-12)11-8-13(9-11)6-1-7-13/h2-5,11H,1,6-9H2. The number of hydrogen-bond acceptors (Lipinski definition) is 0. The summed E-state index contributed by atoms with van der Waals surface area (Å²) in [6.07, 6.45) is 7.39. The van der Waals surface area contributed by atoms with Crippen molar-refractivity contribution < 1.29 is 0 Å². The van der Waals surface area contributed by atoms with Crippen molar-refractivity contribution in [3.8, 4) is 0 Å². The van der Waals surface area contributed by atoms with Crippen molar-refractivity contribution >= 4 is 15.9 Å². The molecule has 0 radical (unpaired) electrons. The summed E-state index contributed by atoms with van der Waals surface area (Å²) in [5.74, 6) is 0.864. The molecule has 1 aromatic carbocycles. The van der Waals surface area contributed by atoms with Gasteiger partial charge >= 0.3 is 0 Å². The molecule has 0 atom stereocenters. The first-order valence-corrected chi connectivity index (χ1v) is 6.32. The Morgan fingerprint density at radius 1 is 1.07 bits per heavy atom. The van der Waals surface area contributed by atoms with Gasteiger partial charge < -0.3 is 0 Å². The molecule has 2 aliphatic carbocycles. The Morgan fingerprint density at radius 3 is 2.21 bits per heavy atom. The second-order valence-electron chi connectivity index (χ2n) is 5.01. The van der Waals surface area contributed by atoms with E-state index in [1.54, 1.807) is 5.56 Å². The molecule has 0 heterocycles. The average molecular weight is 251 g/mol. The van der Waals surface area contributed by atoms with Gasteiger partial charge in [0, 0.05) is 4.47 Å². The zero-order valence-electron chi connectivity index (χ0n) is 8.30. The summed E-state index contributed by atoms with van der Waals surface area (Å²) in [6.45, 7) is 0. The van der Waals surface area contributed by atoms with Crippen LogP contribution in [0.1, 0.15) is 43.6 Å². The molecule has 2 aliphatic rings. The van der Waals surface area contributed by atoms with Gasteiger partial charge in [0.2, 0.25) is 0 Å². The van der Waals surface area contributed by atoms with Crippen LogP contribution in [0, 0.1) is 5.41 Å². The molecule has 2 saturated carbocycles. The monoisotopic (exact) mass is 250 g/mol. The van der Waals surface area contributed by atoms with Crippen LogP contribution in [0.4, 0.5) is 0 Å². The van der Waals surface area contributed by atoms with Gasteiger partial charge in [-0.3, -0.25) is 0 Å². The fourth-order valence-electron chi connectivity index (χ4n) is 3.04. The molecule has 1 heteroatoms. The van der Waals surface area contributed by atoms with E-state index >= 15 is 0 Å². The lowest BCUT2D eigenvalue weighted by atomic mass is 9.51. The Labute approximate surface area is 93.8 Å². The highest BCUT2D eigenvalue weighted by Crippen LogP contribution is 2.61. The molecular weight excluding hydrogens is 236 g/mol. The number of rotatable bonds is 1. The van der Waals surface area contributed by atoms with E-state index in [9.17, 15) is 0 Å². The summed E-state index contributed by atoms with van der Waals surface area (Å²) >= 11 is 3.48. The Morgan fingerprint density at radius 2 is 1.71 bits per heavy atom. The number of hydrogen-bond donors (Lipinski definition) is 0. The summed E-state index contributed by atoms with van der Waals surface area (Å²) < 4.78 is 1.19. The first kappa shape index (κ1) is 8.96. The van der Waals surface area contributed by atoms with Crippen molar-refractivity contribution in [3.63, 3.8) is 0 Å². The van der Waals surface area contributed by atoms with E-state index in [1.165, 1.54) is 36.6 Å². The van der Waals surface area contributed by atoms with E-state index in [2.05, 4.69) is 40.2 Å². The second kappa shape index (κ2) is 3.10. The van der Waals surface area contributed by atoms with Crippen LogP contribution in [-0.4, -0.2) is 0 Å². The van der Waals surface area contributed by atoms with Crippen LogP contribution in [0.5, 0.6) is 0 Å². The van der Waals surface area contributed by atoms with Crippen molar-refractivity contribution in [3.05, 3.63) is 34.3 Å². The third-order valence-corrected chi connectivity index (χ3v) is 4.64. The van der Waals surface area contributed by atoms with Crippen LogP contribution >= 0.6 is 15.9 Å². The molecule has 2 fully saturated rings. The van der Waals surface area contributed by atoms with Crippen LogP contribution in [0.15, 0.2) is 28.7 Å². The molecule has 1 spiro atoms. The van der Waals surface area contributed by atoms with E-state index in [4.69, 9.17) is 0 Å². The molecule has 14 heavy (non-hydrogen) atoms. The van der Waals surface area contributed by atoms with E-state index in [1.807, 2.05) is 0 Å². The van der Waals surface area contributed by atoms with Crippen LogP contribution in [-0.2, 0) is 0 Å². The average Bonchev–Trinajstić information content (AvgIpc) is 2.03. The molecule has 0 bridgehead atoms. The van der Waals surface area contributed by atoms with Gasteiger partial charge in [-0.2, -0.15) is 0 Å². The molecule has 1 aromatic rings. The van der Waals surface area contributed by atoms with Gasteiger partial charge in [0.15, 0.2) is 0 Å². The molecule has 0 aliphatic heterocycles. The Kier molecular flexibility index (Phi) is 1.98. The lowest BCUT2D eigenvalue weighted by molar-refractivity contribution is 0.00900. The van der Waals surface area contributed by atoms with E-state index < -0.39 is 0 Å². The van der Waals surface area contributed by atoms with Crippen molar-refractivity contribution in [1.29, 1.82) is 0 Å². The Bertz CT molecular complexity index is 327. The van der Waals surface area contributed by atoms with E-state index in [0.29, 0.717) is 0 Å². The minimum absolute atomic E-state index is 0.803. The molecule has 0 N–H and O–H groups in total. The number of halogens is 1. The van der Waals surface area contributed by atoms with Gasteiger partial charge in [0.05, 0.1) is 0 Å². The van der Waals surface area contributed by atoms with Gasteiger partial charge in [-0.1, -0.05) is 34.5 Å². The normalized spacial score (nSPS) is 24.4. The van der Waals surface area contributed by atoms with Crippen molar-refractivity contribution in [2.75, 3.05) is 0 Å². The molecule has 0 unspecified atom stereocenters. The minimum atomic E-state index is 0.803. The second-order valence-corrected chi connectivity index (χ2v) is 5.93. The third kappa shape index (κ3) is 1.33. The maximum atomic E-state index is 3.48. The van der Waals surface area contributed by atoms with E-state index in [-0.39, 0.29) is 0 Å². The lowest BCUT2D eigenvalue weighted by Crippen LogP contribution is -2.41. The highest BCUT2D eigenvalue weighted by atomic mass is 79.9. The Hall–Kier alpha value is -0.300. The molecule has 3 rings (SSSR count). The summed E-state index contributed by atoms with van der Waals surface area (Å²) in [7, 11) is 0. The summed E-state index contributed by atoms with van der Waals surface area (Å²) in [5, 5.41) is 0. The maximum absolute atomic E-state index is 3.48. The molecule has 74 valence electrons. The largest absolute Gasteiger partial charge is 0.0576 e. The van der Waals surface area contributed by atoms with Crippen molar-refractivity contribution in [2.45, 2.75) is 38.0 Å².